The van der Waals surface area contributed by atoms with Gasteiger partial charge in [0.25, 0.3) is 0 Å². The van der Waals surface area contributed by atoms with Gasteiger partial charge in [0.2, 0.25) is 0 Å². The maximum atomic E-state index is 5.83. The van der Waals surface area contributed by atoms with Crippen molar-refractivity contribution in [1.29, 1.82) is 0 Å². The first kappa shape index (κ1) is 15.7. The van der Waals surface area contributed by atoms with Crippen molar-refractivity contribution in [3.8, 4) is 0 Å². The summed E-state index contributed by atoms with van der Waals surface area (Å²) in [6, 6.07) is 18.8. The predicted molar refractivity (Wildman–Crippen MR) is 91.2 cm³/mol. The summed E-state index contributed by atoms with van der Waals surface area (Å²) in [7, 11) is 0. The van der Waals surface area contributed by atoms with E-state index in [1.807, 2.05) is 18.2 Å². The van der Waals surface area contributed by atoms with Gasteiger partial charge in [0.05, 0.1) is 13.2 Å². The Bertz CT molecular complexity index is 496. The molecule has 0 fully saturated rings. The van der Waals surface area contributed by atoms with Gasteiger partial charge in [-0.05, 0) is 35.6 Å². The zero-order valence-electron chi connectivity index (χ0n) is 11.3. The summed E-state index contributed by atoms with van der Waals surface area (Å²) in [6.45, 7) is 1.46. The maximum Gasteiger partial charge on any atom is 0.0717 e. The van der Waals surface area contributed by atoms with Gasteiger partial charge in [0.1, 0.15) is 0 Å². The Hall–Kier alpha value is -0.640. The number of hydrogen-bond acceptors (Lipinski definition) is 1. The van der Waals surface area contributed by atoms with Crippen LogP contribution in [0.5, 0.6) is 0 Å². The second kappa shape index (κ2) is 8.60. The van der Waals surface area contributed by atoms with E-state index in [1.54, 1.807) is 0 Å². The highest BCUT2D eigenvalue weighted by atomic mass is 79.9. The van der Waals surface area contributed by atoms with Crippen molar-refractivity contribution < 1.29 is 4.74 Å². The molecule has 0 aliphatic carbocycles. The van der Waals surface area contributed by atoms with Crippen molar-refractivity contribution in [1.82, 2.24) is 0 Å². The normalized spacial score (nSPS) is 12.3. The monoisotopic (exact) mass is 396 g/mol. The summed E-state index contributed by atoms with van der Waals surface area (Å²) < 4.78 is 6.95. The SMILES string of the molecule is BrCC(COCc1ccccc1)Cc1ccc(Br)cc1. The van der Waals surface area contributed by atoms with E-state index in [1.165, 1.54) is 11.1 Å². The van der Waals surface area contributed by atoms with Gasteiger partial charge in [-0.3, -0.25) is 0 Å². The lowest BCUT2D eigenvalue weighted by Gasteiger charge is -2.14. The minimum atomic E-state index is 0.500. The summed E-state index contributed by atoms with van der Waals surface area (Å²) in [6.07, 6.45) is 1.04. The molecule has 20 heavy (non-hydrogen) atoms. The molecule has 3 heteroatoms. The average Bonchev–Trinajstić information content (AvgIpc) is 2.49. The van der Waals surface area contributed by atoms with Gasteiger partial charge in [-0.2, -0.15) is 0 Å². The third-order valence-corrected chi connectivity index (χ3v) is 4.57. The van der Waals surface area contributed by atoms with Gasteiger partial charge in [-0.25, -0.2) is 0 Å². The summed E-state index contributed by atoms with van der Waals surface area (Å²) in [4.78, 5) is 0. The number of alkyl halides is 1. The van der Waals surface area contributed by atoms with Crippen molar-refractivity contribution in [3.63, 3.8) is 0 Å². The van der Waals surface area contributed by atoms with Crippen molar-refractivity contribution in [2.24, 2.45) is 5.92 Å². The van der Waals surface area contributed by atoms with Crippen LogP contribution in [-0.4, -0.2) is 11.9 Å². The lowest BCUT2D eigenvalue weighted by atomic mass is 10.0. The molecule has 2 rings (SSSR count). The Morgan fingerprint density at radius 2 is 1.60 bits per heavy atom. The molecule has 0 N–H and O–H groups in total. The van der Waals surface area contributed by atoms with Gasteiger partial charge in [0.15, 0.2) is 0 Å². The molecule has 0 aliphatic rings. The third kappa shape index (κ3) is 5.39. The average molecular weight is 398 g/mol. The molecule has 0 heterocycles. The highest BCUT2D eigenvalue weighted by molar-refractivity contribution is 9.10. The molecule has 0 saturated carbocycles. The quantitative estimate of drug-likeness (QED) is 0.582. The maximum absolute atomic E-state index is 5.83. The first-order valence-corrected chi connectivity index (χ1v) is 8.61. The summed E-state index contributed by atoms with van der Waals surface area (Å²) in [5.74, 6) is 0.500. The second-order valence-corrected chi connectivity index (χ2v) is 6.41. The fourth-order valence-electron chi connectivity index (χ4n) is 2.03. The minimum Gasteiger partial charge on any atom is -0.376 e. The zero-order chi connectivity index (χ0) is 14.2. The molecular weight excluding hydrogens is 380 g/mol. The van der Waals surface area contributed by atoms with Crippen LogP contribution in [0.2, 0.25) is 0 Å². The topological polar surface area (TPSA) is 9.23 Å². The first-order chi connectivity index (χ1) is 9.78. The summed E-state index contributed by atoms with van der Waals surface area (Å²) in [5.41, 5.74) is 2.57. The van der Waals surface area contributed by atoms with E-state index in [2.05, 4.69) is 68.3 Å². The molecule has 0 bridgehead atoms. The largest absolute Gasteiger partial charge is 0.376 e. The molecule has 1 unspecified atom stereocenters. The molecule has 106 valence electrons. The molecule has 0 aromatic heterocycles. The molecule has 0 spiro atoms. The van der Waals surface area contributed by atoms with E-state index in [4.69, 9.17) is 4.74 Å². The fraction of sp³-hybridized carbons (Fsp3) is 0.294. The Morgan fingerprint density at radius 3 is 2.25 bits per heavy atom. The standard InChI is InChI=1S/C17H18Br2O/c18-11-16(10-14-6-8-17(19)9-7-14)13-20-12-15-4-2-1-3-5-15/h1-9,16H,10-13H2. The molecule has 2 aromatic carbocycles. The minimum absolute atomic E-state index is 0.500. The molecule has 2 aromatic rings. The highest BCUT2D eigenvalue weighted by Gasteiger charge is 2.09. The van der Waals surface area contributed by atoms with E-state index in [-0.39, 0.29) is 0 Å². The Morgan fingerprint density at radius 1 is 0.900 bits per heavy atom. The van der Waals surface area contributed by atoms with Crippen LogP contribution in [0.4, 0.5) is 0 Å². The molecule has 0 saturated heterocycles. The summed E-state index contributed by atoms with van der Waals surface area (Å²) >= 11 is 7.05. The van der Waals surface area contributed by atoms with Crippen LogP contribution in [0.3, 0.4) is 0 Å². The predicted octanol–water partition coefficient (Wildman–Crippen LogP) is 5.22. The van der Waals surface area contributed by atoms with Gasteiger partial charge < -0.3 is 4.74 Å². The Kier molecular flexibility index (Phi) is 6.77. The molecular formula is C17H18Br2O. The van der Waals surface area contributed by atoms with Crippen LogP contribution in [0.15, 0.2) is 59.1 Å². The van der Waals surface area contributed by atoms with Crippen LogP contribution in [0.25, 0.3) is 0 Å². The smallest absolute Gasteiger partial charge is 0.0717 e. The third-order valence-electron chi connectivity index (χ3n) is 3.12. The molecule has 0 radical (unpaired) electrons. The van der Waals surface area contributed by atoms with Crippen molar-refractivity contribution in [3.05, 3.63) is 70.2 Å². The van der Waals surface area contributed by atoms with E-state index >= 15 is 0 Å². The van der Waals surface area contributed by atoms with Crippen LogP contribution in [0.1, 0.15) is 11.1 Å². The van der Waals surface area contributed by atoms with Crippen LogP contribution >= 0.6 is 31.9 Å². The van der Waals surface area contributed by atoms with Crippen LogP contribution in [0, 0.1) is 5.92 Å². The molecule has 0 amide bonds. The Balaban J connectivity index is 1.79. The van der Waals surface area contributed by atoms with Crippen LogP contribution < -0.4 is 0 Å². The van der Waals surface area contributed by atoms with Crippen molar-refractivity contribution in [2.45, 2.75) is 13.0 Å². The van der Waals surface area contributed by atoms with E-state index < -0.39 is 0 Å². The number of ether oxygens (including phenoxy) is 1. The number of halogens is 2. The van der Waals surface area contributed by atoms with Gasteiger partial charge in [0, 0.05) is 9.80 Å². The molecule has 1 nitrogen and oxygen atoms in total. The highest BCUT2D eigenvalue weighted by Crippen LogP contribution is 2.16. The van der Waals surface area contributed by atoms with Gasteiger partial charge >= 0.3 is 0 Å². The lowest BCUT2D eigenvalue weighted by Crippen LogP contribution is -2.14. The number of rotatable bonds is 7. The van der Waals surface area contributed by atoms with Crippen LogP contribution in [-0.2, 0) is 17.8 Å². The van der Waals surface area contributed by atoms with E-state index in [0.29, 0.717) is 12.5 Å². The number of hydrogen-bond donors (Lipinski definition) is 0. The fourth-order valence-corrected chi connectivity index (χ4v) is 2.71. The Labute approximate surface area is 137 Å². The van der Waals surface area contributed by atoms with Crippen molar-refractivity contribution >= 4 is 31.9 Å². The first-order valence-electron chi connectivity index (χ1n) is 6.70. The zero-order valence-corrected chi connectivity index (χ0v) is 14.4. The van der Waals surface area contributed by atoms with Crippen molar-refractivity contribution in [2.75, 3.05) is 11.9 Å². The van der Waals surface area contributed by atoms with E-state index in [0.717, 1.165) is 22.8 Å². The number of benzene rings is 2. The summed E-state index contributed by atoms with van der Waals surface area (Å²) in [5, 5.41) is 0.956. The molecule has 0 aliphatic heterocycles. The molecule has 1 atom stereocenters. The second-order valence-electron chi connectivity index (χ2n) is 4.85. The lowest BCUT2D eigenvalue weighted by molar-refractivity contribution is 0.0938. The van der Waals surface area contributed by atoms with E-state index in [9.17, 15) is 0 Å². The van der Waals surface area contributed by atoms with Gasteiger partial charge in [-0.15, -0.1) is 0 Å². The van der Waals surface area contributed by atoms with Gasteiger partial charge in [-0.1, -0.05) is 74.3 Å².